The lowest BCUT2D eigenvalue weighted by atomic mass is 9.69. The second kappa shape index (κ2) is 15.5. The van der Waals surface area contributed by atoms with Crippen LogP contribution in [-0.2, 0) is 30.1 Å². The number of benzene rings is 4. The molecular weight excluding hydrogens is 677 g/mol. The summed E-state index contributed by atoms with van der Waals surface area (Å²) in [4.78, 5) is 59.2. The van der Waals surface area contributed by atoms with Crippen LogP contribution in [0.3, 0.4) is 0 Å². The molecule has 0 fully saturated rings. The molecule has 0 radical (unpaired) electrons. The monoisotopic (exact) mass is 720 g/mol. The predicted molar refractivity (Wildman–Crippen MR) is 212 cm³/mol. The minimum absolute atomic E-state index is 0.0938. The summed E-state index contributed by atoms with van der Waals surface area (Å²) >= 11 is 0. The van der Waals surface area contributed by atoms with Crippen molar-refractivity contribution < 1.29 is 28.9 Å². The number of hydrogen-bond donors (Lipinski definition) is 0. The van der Waals surface area contributed by atoms with Crippen molar-refractivity contribution in [3.8, 4) is 22.3 Å². The summed E-state index contributed by atoms with van der Waals surface area (Å²) in [6.07, 6.45) is 8.64. The molecule has 2 atom stereocenters. The summed E-state index contributed by atoms with van der Waals surface area (Å²) in [5.74, 6) is -1.80. The fourth-order valence-electron chi connectivity index (χ4n) is 8.49. The minimum Gasteiger partial charge on any atom is -0.318 e. The molecule has 8 heteroatoms. The van der Waals surface area contributed by atoms with E-state index in [2.05, 4.69) is 59.9 Å². The standard InChI is InChI=1S/C46H44N2O6/c1-7-23-45(39-17-11-9-15-35(39)37-21-19-33(27-41(37)45)43(51)29(3)47-53-31(5)49)25-13-14-26-46(24-8-2)40-18-12-10-16-36(40)38-22-20-34(28-42(38)46)44(52)30(4)48-54-32(6)50/h7-12,15-22,27-28H,1-2,13-14,23-26H2,3-6H3/b47-29+,48-30+. The van der Waals surface area contributed by atoms with E-state index in [9.17, 15) is 19.2 Å². The SMILES string of the molecule is C=CCC1(CCCCC2(CC=C)c3ccccc3-c3ccc(C(=O)/C(C)=N/OC(C)=O)cc32)c2ccccc2-c2ccc(C(=O)/C(C)=N/OC(C)=O)cc21. The quantitative estimate of drug-likeness (QED) is 0.0302. The molecule has 6 rings (SSSR count). The largest absolute Gasteiger partial charge is 0.331 e. The highest BCUT2D eigenvalue weighted by molar-refractivity contribution is 6.45. The van der Waals surface area contributed by atoms with Crippen molar-refractivity contribution in [2.45, 2.75) is 77.0 Å². The zero-order valence-corrected chi connectivity index (χ0v) is 31.2. The number of oxime groups is 2. The van der Waals surface area contributed by atoms with Gasteiger partial charge in [-0.05, 0) is 96.2 Å². The Morgan fingerprint density at radius 2 is 0.926 bits per heavy atom. The first-order chi connectivity index (χ1) is 26.0. The van der Waals surface area contributed by atoms with Gasteiger partial charge in [-0.1, -0.05) is 108 Å². The lowest BCUT2D eigenvalue weighted by Crippen LogP contribution is -2.27. The maximum absolute atomic E-state index is 13.5. The molecule has 0 N–H and O–H groups in total. The van der Waals surface area contributed by atoms with E-state index < -0.39 is 22.8 Å². The van der Waals surface area contributed by atoms with Crippen molar-refractivity contribution in [1.82, 2.24) is 0 Å². The van der Waals surface area contributed by atoms with E-state index in [0.29, 0.717) is 24.0 Å². The Hall–Kier alpha value is -6.02. The number of carbonyl (C=O) groups is 4. The van der Waals surface area contributed by atoms with Crippen molar-refractivity contribution in [3.05, 3.63) is 144 Å². The Morgan fingerprint density at radius 3 is 1.30 bits per heavy atom. The van der Waals surface area contributed by atoms with Crippen LogP contribution in [0.1, 0.15) is 109 Å². The van der Waals surface area contributed by atoms with Gasteiger partial charge in [0.25, 0.3) is 0 Å². The van der Waals surface area contributed by atoms with Crippen LogP contribution in [0, 0.1) is 0 Å². The third-order valence-corrected chi connectivity index (χ3v) is 10.8. The number of Topliss-reactive ketones (excluding diaryl/α,β-unsaturated/α-hetero) is 2. The predicted octanol–water partition coefficient (Wildman–Crippen LogP) is 9.88. The molecule has 8 nitrogen and oxygen atoms in total. The van der Waals surface area contributed by atoms with E-state index in [1.165, 1.54) is 25.0 Å². The Morgan fingerprint density at radius 1 is 0.556 bits per heavy atom. The fraction of sp³-hybridized carbons (Fsp3) is 0.261. The normalized spacial score (nSPS) is 18.1. The molecule has 0 aliphatic heterocycles. The second-order valence-electron chi connectivity index (χ2n) is 14.1. The van der Waals surface area contributed by atoms with Gasteiger partial charge in [0, 0.05) is 35.8 Å². The highest BCUT2D eigenvalue weighted by atomic mass is 16.7. The van der Waals surface area contributed by atoms with Crippen LogP contribution in [0.5, 0.6) is 0 Å². The van der Waals surface area contributed by atoms with Gasteiger partial charge in [0.15, 0.2) is 0 Å². The number of rotatable bonds is 15. The molecule has 0 saturated carbocycles. The van der Waals surface area contributed by atoms with Crippen LogP contribution in [0.4, 0.5) is 0 Å². The third-order valence-electron chi connectivity index (χ3n) is 10.8. The zero-order valence-electron chi connectivity index (χ0n) is 31.2. The molecule has 274 valence electrons. The smallest absolute Gasteiger partial charge is 0.318 e. The first-order valence-electron chi connectivity index (χ1n) is 18.2. The van der Waals surface area contributed by atoms with Crippen molar-refractivity contribution in [2.24, 2.45) is 10.3 Å². The summed E-state index contributed by atoms with van der Waals surface area (Å²) in [6.45, 7) is 13.9. The Labute approximate surface area is 316 Å². The van der Waals surface area contributed by atoms with Crippen LogP contribution in [0.2, 0.25) is 0 Å². The summed E-state index contributed by atoms with van der Waals surface area (Å²) in [7, 11) is 0. The molecule has 0 saturated heterocycles. The van der Waals surface area contributed by atoms with Crippen LogP contribution >= 0.6 is 0 Å². The van der Waals surface area contributed by atoms with Crippen LogP contribution in [0.15, 0.2) is 121 Å². The number of unbranched alkanes of at least 4 members (excludes halogenated alkanes) is 1. The van der Waals surface area contributed by atoms with Gasteiger partial charge in [-0.25, -0.2) is 9.59 Å². The van der Waals surface area contributed by atoms with Gasteiger partial charge in [0.1, 0.15) is 11.4 Å². The molecule has 0 heterocycles. The number of allylic oxidation sites excluding steroid dienone is 2. The van der Waals surface area contributed by atoms with Crippen molar-refractivity contribution >= 4 is 34.9 Å². The number of ketones is 2. The summed E-state index contributed by atoms with van der Waals surface area (Å²) in [5.41, 5.74) is 9.33. The number of nitrogens with zero attached hydrogens (tertiary/aromatic N) is 2. The van der Waals surface area contributed by atoms with E-state index in [4.69, 9.17) is 9.68 Å². The highest BCUT2D eigenvalue weighted by Crippen LogP contribution is 2.56. The summed E-state index contributed by atoms with van der Waals surface area (Å²) in [5, 5.41) is 7.50. The molecule has 4 aromatic carbocycles. The number of hydrogen-bond acceptors (Lipinski definition) is 8. The molecule has 0 bridgehead atoms. The molecule has 2 aliphatic rings. The van der Waals surface area contributed by atoms with Crippen LogP contribution < -0.4 is 0 Å². The number of carbonyl (C=O) groups excluding carboxylic acids is 4. The minimum atomic E-state index is -0.592. The van der Waals surface area contributed by atoms with Crippen LogP contribution in [0.25, 0.3) is 22.3 Å². The Kier molecular flexibility index (Phi) is 10.8. The average Bonchev–Trinajstić information content (AvgIpc) is 3.60. The first kappa shape index (κ1) is 37.7. The summed E-state index contributed by atoms with van der Waals surface area (Å²) < 4.78 is 0. The van der Waals surface area contributed by atoms with Crippen molar-refractivity contribution in [1.29, 1.82) is 0 Å². The Bertz CT molecular complexity index is 2110. The molecule has 2 aliphatic carbocycles. The van der Waals surface area contributed by atoms with Gasteiger partial charge in [0.05, 0.1) is 0 Å². The maximum atomic E-state index is 13.5. The first-order valence-corrected chi connectivity index (χ1v) is 18.2. The van der Waals surface area contributed by atoms with E-state index in [1.54, 1.807) is 13.8 Å². The van der Waals surface area contributed by atoms with E-state index in [0.717, 1.165) is 59.1 Å². The maximum Gasteiger partial charge on any atom is 0.331 e. The van der Waals surface area contributed by atoms with E-state index in [-0.39, 0.29) is 23.0 Å². The molecule has 0 aromatic heterocycles. The molecule has 2 unspecified atom stereocenters. The zero-order chi connectivity index (χ0) is 38.6. The molecule has 0 amide bonds. The van der Waals surface area contributed by atoms with Gasteiger partial charge in [0.2, 0.25) is 11.6 Å². The second-order valence-corrected chi connectivity index (χ2v) is 14.1. The van der Waals surface area contributed by atoms with Gasteiger partial charge in [-0.15, -0.1) is 13.2 Å². The highest BCUT2D eigenvalue weighted by Gasteiger charge is 2.44. The van der Waals surface area contributed by atoms with E-state index >= 15 is 0 Å². The molecular formula is C46H44N2O6. The number of fused-ring (bicyclic) bond motifs is 6. The van der Waals surface area contributed by atoms with Crippen molar-refractivity contribution in [2.75, 3.05) is 0 Å². The van der Waals surface area contributed by atoms with E-state index in [1.807, 2.05) is 60.7 Å². The topological polar surface area (TPSA) is 111 Å². The fourth-order valence-corrected chi connectivity index (χ4v) is 8.49. The average molecular weight is 721 g/mol. The van der Waals surface area contributed by atoms with Gasteiger partial charge in [-0.2, -0.15) is 0 Å². The van der Waals surface area contributed by atoms with Gasteiger partial charge < -0.3 is 9.68 Å². The molecule has 4 aromatic rings. The third kappa shape index (κ3) is 6.80. The molecule has 0 spiro atoms. The van der Waals surface area contributed by atoms with Crippen LogP contribution in [-0.4, -0.2) is 34.9 Å². The lowest BCUT2D eigenvalue weighted by Gasteiger charge is -2.34. The Balaban J connectivity index is 1.34. The van der Waals surface area contributed by atoms with Gasteiger partial charge in [-0.3, -0.25) is 9.59 Å². The summed E-state index contributed by atoms with van der Waals surface area (Å²) in [6, 6.07) is 28.4. The van der Waals surface area contributed by atoms with Crippen molar-refractivity contribution in [3.63, 3.8) is 0 Å². The lowest BCUT2D eigenvalue weighted by molar-refractivity contribution is -0.141. The molecule has 54 heavy (non-hydrogen) atoms. The van der Waals surface area contributed by atoms with Gasteiger partial charge >= 0.3 is 11.9 Å².